The van der Waals surface area contributed by atoms with Crippen LogP contribution in [-0.2, 0) is 10.3 Å². The van der Waals surface area contributed by atoms with Crippen LogP contribution in [0.3, 0.4) is 0 Å². The van der Waals surface area contributed by atoms with Gasteiger partial charge in [0.25, 0.3) is 5.89 Å². The van der Waals surface area contributed by atoms with Gasteiger partial charge in [0.15, 0.2) is 0 Å². The van der Waals surface area contributed by atoms with Gasteiger partial charge in [-0.1, -0.05) is 5.16 Å². The summed E-state index contributed by atoms with van der Waals surface area (Å²) >= 11 is 0. The van der Waals surface area contributed by atoms with Crippen LogP contribution in [0.1, 0.15) is 37.2 Å². The van der Waals surface area contributed by atoms with Crippen molar-refractivity contribution in [2.45, 2.75) is 31.3 Å². The van der Waals surface area contributed by atoms with Crippen LogP contribution >= 0.6 is 0 Å². The van der Waals surface area contributed by atoms with Crippen LogP contribution in [0.2, 0.25) is 0 Å². The Kier molecular flexibility index (Phi) is 3.20. The monoisotopic (exact) mass is 270 g/mol. The van der Waals surface area contributed by atoms with E-state index in [0.29, 0.717) is 23.0 Å². The molecule has 20 heavy (non-hydrogen) atoms. The molecule has 6 heteroatoms. The van der Waals surface area contributed by atoms with Crippen molar-refractivity contribution < 1.29 is 9.26 Å². The van der Waals surface area contributed by atoms with E-state index in [9.17, 15) is 0 Å². The molecule has 0 aliphatic heterocycles. The van der Waals surface area contributed by atoms with Crippen LogP contribution < -0.4 is 0 Å². The van der Waals surface area contributed by atoms with Gasteiger partial charge in [0.1, 0.15) is 17.4 Å². The van der Waals surface area contributed by atoms with Gasteiger partial charge < -0.3 is 9.26 Å². The minimum Gasteiger partial charge on any atom is -0.370 e. The van der Waals surface area contributed by atoms with Gasteiger partial charge in [-0.2, -0.15) is 10.2 Å². The highest BCUT2D eigenvalue weighted by atomic mass is 16.5. The van der Waals surface area contributed by atoms with Crippen LogP contribution in [0.4, 0.5) is 0 Å². The van der Waals surface area contributed by atoms with Gasteiger partial charge in [0.05, 0.1) is 5.56 Å². The van der Waals surface area contributed by atoms with Crippen molar-refractivity contribution in [1.29, 1.82) is 5.26 Å². The largest absolute Gasteiger partial charge is 0.370 e. The topological polar surface area (TPSA) is 84.8 Å². The van der Waals surface area contributed by atoms with E-state index in [1.807, 2.05) is 6.07 Å². The van der Waals surface area contributed by atoms with Crippen molar-refractivity contribution in [2.75, 3.05) is 7.11 Å². The average Bonchev–Trinajstić information content (AvgIpc) is 3.17. The Hall–Kier alpha value is -2.26. The predicted molar refractivity (Wildman–Crippen MR) is 69.4 cm³/mol. The lowest BCUT2D eigenvalue weighted by Gasteiger charge is -2.22. The summed E-state index contributed by atoms with van der Waals surface area (Å²) in [7, 11) is 1.69. The van der Waals surface area contributed by atoms with Crippen molar-refractivity contribution in [3.63, 3.8) is 0 Å². The molecule has 0 atom stereocenters. The van der Waals surface area contributed by atoms with E-state index in [0.717, 1.165) is 25.7 Å². The lowest BCUT2D eigenvalue weighted by atomic mass is 10.0. The van der Waals surface area contributed by atoms with Crippen LogP contribution in [0, 0.1) is 11.3 Å². The van der Waals surface area contributed by atoms with Gasteiger partial charge in [-0.05, 0) is 37.8 Å². The highest BCUT2D eigenvalue weighted by Gasteiger charge is 2.40. The molecule has 6 nitrogen and oxygen atoms in total. The maximum Gasteiger partial charge on any atom is 0.259 e. The number of nitriles is 1. The van der Waals surface area contributed by atoms with E-state index in [-0.39, 0.29) is 0 Å². The summed E-state index contributed by atoms with van der Waals surface area (Å²) in [6.07, 6.45) is 5.60. The molecule has 1 saturated carbocycles. The number of nitrogens with zero attached hydrogens (tertiary/aromatic N) is 4. The molecule has 1 fully saturated rings. The third-order valence-electron chi connectivity index (χ3n) is 3.76. The number of pyridine rings is 1. The quantitative estimate of drug-likeness (QED) is 0.851. The lowest BCUT2D eigenvalue weighted by molar-refractivity contribution is -0.0178. The SMILES string of the molecule is COC1(c2noc(-c3ccc(C#N)nc3)n2)CCCC1. The molecule has 2 heterocycles. The van der Waals surface area contributed by atoms with Crippen molar-refractivity contribution in [2.24, 2.45) is 0 Å². The Bertz CT molecular complexity index is 636. The van der Waals surface area contributed by atoms with Crippen molar-refractivity contribution in [3.05, 3.63) is 29.8 Å². The first kappa shape index (κ1) is 12.8. The average molecular weight is 270 g/mol. The molecule has 2 aromatic heterocycles. The number of hydrogen-bond donors (Lipinski definition) is 0. The molecule has 0 N–H and O–H groups in total. The zero-order valence-electron chi connectivity index (χ0n) is 11.2. The van der Waals surface area contributed by atoms with Gasteiger partial charge in [0, 0.05) is 13.3 Å². The Balaban J connectivity index is 1.91. The zero-order chi connectivity index (χ0) is 14.0. The van der Waals surface area contributed by atoms with Crippen molar-refractivity contribution >= 4 is 0 Å². The van der Waals surface area contributed by atoms with Crippen molar-refractivity contribution in [1.82, 2.24) is 15.1 Å². The normalized spacial score (nSPS) is 17.0. The summed E-state index contributed by atoms with van der Waals surface area (Å²) in [6, 6.07) is 5.35. The first-order chi connectivity index (χ1) is 9.77. The van der Waals surface area contributed by atoms with E-state index in [2.05, 4.69) is 15.1 Å². The van der Waals surface area contributed by atoms with E-state index >= 15 is 0 Å². The first-order valence-corrected chi connectivity index (χ1v) is 6.53. The maximum absolute atomic E-state index is 8.73. The molecule has 102 valence electrons. The number of aromatic nitrogens is 3. The Labute approximate surface area is 116 Å². The van der Waals surface area contributed by atoms with Crippen LogP contribution in [0.15, 0.2) is 22.9 Å². The van der Waals surface area contributed by atoms with Gasteiger partial charge in [-0.25, -0.2) is 4.98 Å². The number of hydrogen-bond acceptors (Lipinski definition) is 6. The second kappa shape index (κ2) is 5.02. The minimum absolute atomic E-state index is 0.359. The van der Waals surface area contributed by atoms with Crippen LogP contribution in [-0.4, -0.2) is 22.2 Å². The van der Waals surface area contributed by atoms with Gasteiger partial charge in [-0.15, -0.1) is 0 Å². The predicted octanol–water partition coefficient (Wildman–Crippen LogP) is 2.42. The van der Waals surface area contributed by atoms with E-state index in [4.69, 9.17) is 14.5 Å². The Morgan fingerprint density at radius 3 is 2.75 bits per heavy atom. The van der Waals surface area contributed by atoms with Gasteiger partial charge in [0.2, 0.25) is 5.82 Å². The second-order valence-electron chi connectivity index (χ2n) is 4.87. The Morgan fingerprint density at radius 2 is 2.15 bits per heavy atom. The summed E-state index contributed by atoms with van der Waals surface area (Å²) < 4.78 is 10.9. The molecule has 3 rings (SSSR count). The molecule has 0 aromatic carbocycles. The third kappa shape index (κ3) is 2.06. The van der Waals surface area contributed by atoms with E-state index in [1.54, 1.807) is 25.4 Å². The molecule has 0 amide bonds. The molecule has 1 aliphatic rings. The molecule has 2 aromatic rings. The minimum atomic E-state index is -0.415. The standard InChI is InChI=1S/C14H14N4O2/c1-19-14(6-2-3-7-14)13-17-12(20-18-13)10-4-5-11(8-15)16-9-10/h4-5,9H,2-3,6-7H2,1H3. The summed E-state index contributed by atoms with van der Waals surface area (Å²) in [6.45, 7) is 0. The third-order valence-corrected chi connectivity index (χ3v) is 3.76. The van der Waals surface area contributed by atoms with E-state index < -0.39 is 5.60 Å². The van der Waals surface area contributed by atoms with E-state index in [1.165, 1.54) is 0 Å². The number of methoxy groups -OCH3 is 1. The molecule has 0 unspecified atom stereocenters. The second-order valence-corrected chi connectivity index (χ2v) is 4.87. The molecule has 0 radical (unpaired) electrons. The maximum atomic E-state index is 8.73. The summed E-state index contributed by atoms with van der Waals surface area (Å²) in [5.41, 5.74) is 0.645. The number of rotatable bonds is 3. The molecular weight excluding hydrogens is 256 g/mol. The zero-order valence-corrected chi connectivity index (χ0v) is 11.2. The highest BCUT2D eigenvalue weighted by molar-refractivity contribution is 5.51. The Morgan fingerprint density at radius 1 is 1.35 bits per heavy atom. The summed E-state index contributed by atoms with van der Waals surface area (Å²) in [4.78, 5) is 8.43. The molecular formula is C14H14N4O2. The highest BCUT2D eigenvalue weighted by Crippen LogP contribution is 2.40. The first-order valence-electron chi connectivity index (χ1n) is 6.53. The summed E-state index contributed by atoms with van der Waals surface area (Å²) in [5, 5.41) is 12.8. The van der Waals surface area contributed by atoms with Gasteiger partial charge in [-0.3, -0.25) is 0 Å². The molecule has 1 aliphatic carbocycles. The van der Waals surface area contributed by atoms with Crippen LogP contribution in [0.5, 0.6) is 0 Å². The van der Waals surface area contributed by atoms with Gasteiger partial charge >= 0.3 is 0 Å². The van der Waals surface area contributed by atoms with Crippen LogP contribution in [0.25, 0.3) is 11.5 Å². The molecule has 0 bridgehead atoms. The molecule has 0 saturated heterocycles. The fourth-order valence-corrected chi connectivity index (χ4v) is 2.58. The smallest absolute Gasteiger partial charge is 0.259 e. The summed E-state index contributed by atoms with van der Waals surface area (Å²) in [5.74, 6) is 0.997. The fraction of sp³-hybridized carbons (Fsp3) is 0.429. The fourth-order valence-electron chi connectivity index (χ4n) is 2.58. The van der Waals surface area contributed by atoms with Crippen molar-refractivity contribution in [3.8, 4) is 17.5 Å². The lowest BCUT2D eigenvalue weighted by Crippen LogP contribution is -2.25. The molecule has 0 spiro atoms. The number of ether oxygens (including phenoxy) is 1.